The molecule has 0 unspecified atom stereocenters. The number of rotatable bonds is 8. The standard InChI is InChI=1S/C22H30N2O8/c1-13-8-16(9-15-4-5-15)10-29-11-17(22(27)32-13)24-21(26)19-20(31-12-30-14(2)25)18(28-3)6-7-23-19/h6-7,13,15-17H,4-5,8-12H2,1-3H3,(H,24,26)/t13-,16-,17-/m0/s1. The zero-order valence-electron chi connectivity index (χ0n) is 18.6. The lowest BCUT2D eigenvalue weighted by molar-refractivity contribution is -0.151. The van der Waals surface area contributed by atoms with Gasteiger partial charge >= 0.3 is 11.9 Å². The Morgan fingerprint density at radius 1 is 1.25 bits per heavy atom. The van der Waals surface area contributed by atoms with Crippen LogP contribution in [0, 0.1) is 11.8 Å². The minimum atomic E-state index is -1.00. The smallest absolute Gasteiger partial charge is 0.331 e. The van der Waals surface area contributed by atoms with E-state index in [-0.39, 0.29) is 29.9 Å². The van der Waals surface area contributed by atoms with E-state index in [0.717, 1.165) is 18.8 Å². The van der Waals surface area contributed by atoms with Crippen molar-refractivity contribution in [1.29, 1.82) is 0 Å². The summed E-state index contributed by atoms with van der Waals surface area (Å²) in [7, 11) is 1.40. The fraction of sp³-hybridized carbons (Fsp3) is 0.636. The molecule has 1 aromatic rings. The molecule has 1 amide bonds. The van der Waals surface area contributed by atoms with Gasteiger partial charge in [0.1, 0.15) is 0 Å². The average molecular weight is 450 g/mol. The summed E-state index contributed by atoms with van der Waals surface area (Å²) >= 11 is 0. The first kappa shape index (κ1) is 23.8. The molecule has 1 N–H and O–H groups in total. The van der Waals surface area contributed by atoms with Crippen LogP contribution in [0.1, 0.15) is 50.0 Å². The van der Waals surface area contributed by atoms with E-state index in [1.54, 1.807) is 0 Å². The Bertz CT molecular complexity index is 826. The normalized spacial score (nSPS) is 23.7. The highest BCUT2D eigenvalue weighted by atomic mass is 16.7. The van der Waals surface area contributed by atoms with Crippen LogP contribution in [0.4, 0.5) is 0 Å². The van der Waals surface area contributed by atoms with E-state index in [4.69, 9.17) is 23.7 Å². The molecular formula is C22H30N2O8. The van der Waals surface area contributed by atoms with Gasteiger partial charge in [0.25, 0.3) is 5.91 Å². The summed E-state index contributed by atoms with van der Waals surface area (Å²) in [5.41, 5.74) is -0.121. The predicted molar refractivity (Wildman–Crippen MR) is 111 cm³/mol. The van der Waals surface area contributed by atoms with Gasteiger partial charge in [-0.3, -0.25) is 9.59 Å². The number of hydrogen-bond donors (Lipinski definition) is 1. The highest BCUT2D eigenvalue weighted by Gasteiger charge is 2.32. The van der Waals surface area contributed by atoms with Crippen LogP contribution in [0.3, 0.4) is 0 Å². The first-order valence-corrected chi connectivity index (χ1v) is 10.8. The molecule has 1 saturated heterocycles. The minimum Gasteiger partial charge on any atom is -0.493 e. The van der Waals surface area contributed by atoms with Gasteiger partial charge < -0.3 is 29.0 Å². The molecular weight excluding hydrogens is 420 g/mol. The Labute approximate surface area is 186 Å². The van der Waals surface area contributed by atoms with Crippen molar-refractivity contribution in [2.24, 2.45) is 11.8 Å². The molecule has 1 aromatic heterocycles. The number of amides is 1. The predicted octanol–water partition coefficient (Wildman–Crippen LogP) is 1.86. The van der Waals surface area contributed by atoms with Gasteiger partial charge in [-0.1, -0.05) is 12.8 Å². The Morgan fingerprint density at radius 2 is 2.03 bits per heavy atom. The van der Waals surface area contributed by atoms with Crippen molar-refractivity contribution < 1.29 is 38.1 Å². The van der Waals surface area contributed by atoms with E-state index < -0.39 is 30.7 Å². The summed E-state index contributed by atoms with van der Waals surface area (Å²) in [4.78, 5) is 40.7. The lowest BCUT2D eigenvalue weighted by Gasteiger charge is -2.20. The van der Waals surface area contributed by atoms with Crippen LogP contribution in [0.25, 0.3) is 0 Å². The molecule has 3 rings (SSSR count). The van der Waals surface area contributed by atoms with Crippen LogP contribution >= 0.6 is 0 Å². The number of nitrogens with one attached hydrogen (secondary N) is 1. The number of aromatic nitrogens is 1. The van der Waals surface area contributed by atoms with Gasteiger partial charge in [0.05, 0.1) is 19.8 Å². The van der Waals surface area contributed by atoms with E-state index in [1.165, 1.54) is 39.1 Å². The van der Waals surface area contributed by atoms with Crippen molar-refractivity contribution >= 4 is 17.8 Å². The molecule has 2 fully saturated rings. The maximum absolute atomic E-state index is 12.9. The van der Waals surface area contributed by atoms with Crippen LogP contribution in [0.5, 0.6) is 11.5 Å². The molecule has 0 radical (unpaired) electrons. The van der Waals surface area contributed by atoms with Crippen molar-refractivity contribution in [3.05, 3.63) is 18.0 Å². The molecule has 1 saturated carbocycles. The van der Waals surface area contributed by atoms with Crippen LogP contribution < -0.4 is 14.8 Å². The maximum atomic E-state index is 12.9. The molecule has 0 aromatic carbocycles. The minimum absolute atomic E-state index is 0.00787. The van der Waals surface area contributed by atoms with Crippen molar-refractivity contribution in [3.63, 3.8) is 0 Å². The van der Waals surface area contributed by atoms with Gasteiger partial charge in [0, 0.05) is 25.8 Å². The topological polar surface area (TPSA) is 122 Å². The number of carbonyl (C=O) groups excluding carboxylic acids is 3. The highest BCUT2D eigenvalue weighted by Crippen LogP contribution is 2.37. The quantitative estimate of drug-likeness (QED) is 0.467. The van der Waals surface area contributed by atoms with Crippen LogP contribution in [0.15, 0.2) is 12.3 Å². The highest BCUT2D eigenvalue weighted by molar-refractivity contribution is 5.98. The zero-order valence-corrected chi connectivity index (χ0v) is 18.6. The number of nitrogens with zero attached hydrogens (tertiary/aromatic N) is 1. The van der Waals surface area contributed by atoms with Gasteiger partial charge in [0.15, 0.2) is 23.2 Å². The van der Waals surface area contributed by atoms with Crippen LogP contribution in [0.2, 0.25) is 0 Å². The Hall–Kier alpha value is -2.88. The Morgan fingerprint density at radius 3 is 2.72 bits per heavy atom. The summed E-state index contributed by atoms with van der Waals surface area (Å²) in [5.74, 6) is -0.505. The van der Waals surface area contributed by atoms with Crippen LogP contribution in [-0.2, 0) is 23.8 Å². The number of methoxy groups -OCH3 is 1. The first-order chi connectivity index (χ1) is 15.4. The second-order valence-corrected chi connectivity index (χ2v) is 8.18. The molecule has 10 heteroatoms. The van der Waals surface area contributed by atoms with E-state index in [9.17, 15) is 14.4 Å². The summed E-state index contributed by atoms with van der Waals surface area (Å²) in [6.07, 6.45) is 5.39. The SMILES string of the molecule is COc1ccnc(C(=O)N[C@H]2COC[C@H](CC3CC3)C[C@H](C)OC2=O)c1OCOC(C)=O. The summed E-state index contributed by atoms with van der Waals surface area (Å²) in [6.45, 7) is 3.17. The lowest BCUT2D eigenvalue weighted by Crippen LogP contribution is -2.45. The van der Waals surface area contributed by atoms with Crippen molar-refractivity contribution in [2.45, 2.75) is 51.7 Å². The second kappa shape index (κ2) is 11.1. The molecule has 1 aliphatic heterocycles. The number of carbonyl (C=O) groups is 3. The van der Waals surface area contributed by atoms with Gasteiger partial charge in [-0.05, 0) is 31.6 Å². The van der Waals surface area contributed by atoms with Crippen LogP contribution in [-0.4, -0.2) is 62.1 Å². The molecule has 2 aliphatic rings. The van der Waals surface area contributed by atoms with E-state index in [2.05, 4.69) is 10.3 Å². The van der Waals surface area contributed by atoms with Gasteiger partial charge in [-0.15, -0.1) is 0 Å². The number of hydrogen-bond acceptors (Lipinski definition) is 9. The summed E-state index contributed by atoms with van der Waals surface area (Å²) in [6, 6.07) is 0.498. The number of pyridine rings is 1. The second-order valence-electron chi connectivity index (χ2n) is 8.18. The molecule has 0 bridgehead atoms. The fourth-order valence-electron chi connectivity index (χ4n) is 3.67. The van der Waals surface area contributed by atoms with E-state index in [0.29, 0.717) is 12.5 Å². The molecule has 10 nitrogen and oxygen atoms in total. The van der Waals surface area contributed by atoms with Crippen molar-refractivity contribution in [2.75, 3.05) is 27.1 Å². The monoisotopic (exact) mass is 450 g/mol. The maximum Gasteiger partial charge on any atom is 0.331 e. The van der Waals surface area contributed by atoms with Gasteiger partial charge in [0.2, 0.25) is 6.79 Å². The fourth-order valence-corrected chi connectivity index (χ4v) is 3.67. The molecule has 32 heavy (non-hydrogen) atoms. The van der Waals surface area contributed by atoms with E-state index >= 15 is 0 Å². The number of ether oxygens (including phenoxy) is 5. The average Bonchev–Trinajstić information content (AvgIpc) is 3.55. The third kappa shape index (κ3) is 6.81. The summed E-state index contributed by atoms with van der Waals surface area (Å²) in [5, 5.41) is 2.62. The molecule has 176 valence electrons. The molecule has 0 spiro atoms. The first-order valence-electron chi connectivity index (χ1n) is 10.8. The number of esters is 2. The number of cyclic esters (lactones) is 1. The van der Waals surface area contributed by atoms with Crippen molar-refractivity contribution in [1.82, 2.24) is 10.3 Å². The third-order valence-electron chi connectivity index (χ3n) is 5.34. The largest absolute Gasteiger partial charge is 0.493 e. The third-order valence-corrected chi connectivity index (χ3v) is 5.34. The van der Waals surface area contributed by atoms with E-state index in [1.807, 2.05) is 6.92 Å². The lowest BCUT2D eigenvalue weighted by atomic mass is 9.97. The van der Waals surface area contributed by atoms with Crippen molar-refractivity contribution in [3.8, 4) is 11.5 Å². The molecule has 1 aliphatic carbocycles. The molecule has 3 atom stereocenters. The Kier molecular flexibility index (Phi) is 8.26. The molecule has 2 heterocycles. The summed E-state index contributed by atoms with van der Waals surface area (Å²) < 4.78 is 26.7. The zero-order chi connectivity index (χ0) is 23.1. The van der Waals surface area contributed by atoms with Gasteiger partial charge in [-0.25, -0.2) is 9.78 Å². The Balaban J connectivity index is 1.69. The van der Waals surface area contributed by atoms with Gasteiger partial charge in [-0.2, -0.15) is 0 Å².